The van der Waals surface area contributed by atoms with Crippen molar-refractivity contribution in [1.82, 2.24) is 0 Å². The third-order valence-electron chi connectivity index (χ3n) is 9.98. The molecule has 0 aromatic heterocycles. The van der Waals surface area contributed by atoms with Gasteiger partial charge in [0, 0.05) is 19.3 Å². The lowest BCUT2D eigenvalue weighted by molar-refractivity contribution is -0.166. The van der Waals surface area contributed by atoms with Crippen molar-refractivity contribution in [2.24, 2.45) is 0 Å². The van der Waals surface area contributed by atoms with E-state index in [1.807, 2.05) is 48.6 Å². The van der Waals surface area contributed by atoms with Gasteiger partial charge in [-0.15, -0.1) is 0 Å². The lowest BCUT2D eigenvalue weighted by Crippen LogP contribution is -2.30. The SMILES string of the molecule is CC/C=C/C=C/C=C/C=C/CCCCCC(=O)OCC(COC(=O)CCCCCCCCC/C=C/C/C=C/CCCCC)OC(=O)CC/C=C/C/C=C/C/C=C/C/C=C/C/C=C/CC. The van der Waals surface area contributed by atoms with Gasteiger partial charge in [-0.3, -0.25) is 14.4 Å². The fourth-order valence-electron chi connectivity index (χ4n) is 6.24. The molecule has 0 N–H and O–H groups in total. The molecule has 0 aromatic carbocycles. The van der Waals surface area contributed by atoms with Gasteiger partial charge in [0.1, 0.15) is 13.2 Å². The highest BCUT2D eigenvalue weighted by molar-refractivity contribution is 5.71. The molecule has 0 heterocycles. The van der Waals surface area contributed by atoms with Gasteiger partial charge in [-0.2, -0.15) is 0 Å². The number of allylic oxidation sites excluding steroid dienone is 22. The highest BCUT2D eigenvalue weighted by atomic mass is 16.6. The van der Waals surface area contributed by atoms with E-state index in [4.69, 9.17) is 14.2 Å². The summed E-state index contributed by atoms with van der Waals surface area (Å²) in [5.41, 5.74) is 0. The maximum Gasteiger partial charge on any atom is 0.306 e. The Hall–Kier alpha value is -4.45. The number of ether oxygens (including phenoxy) is 3. The van der Waals surface area contributed by atoms with Crippen LogP contribution in [0.3, 0.4) is 0 Å². The first kappa shape index (κ1) is 59.5. The molecular formula is C58H90O6. The molecule has 6 nitrogen and oxygen atoms in total. The average molecular weight is 883 g/mol. The number of hydrogen-bond acceptors (Lipinski definition) is 6. The first-order valence-electron chi connectivity index (χ1n) is 25.2. The normalized spacial score (nSPS) is 13.2. The van der Waals surface area contributed by atoms with Crippen molar-refractivity contribution in [2.75, 3.05) is 13.2 Å². The summed E-state index contributed by atoms with van der Waals surface area (Å²) in [5.74, 6) is -1.07. The zero-order chi connectivity index (χ0) is 46.5. The molecule has 0 aromatic rings. The van der Waals surface area contributed by atoms with E-state index in [9.17, 15) is 14.4 Å². The van der Waals surface area contributed by atoms with Gasteiger partial charge in [0.2, 0.25) is 0 Å². The summed E-state index contributed by atoms with van der Waals surface area (Å²) in [6.07, 6.45) is 71.6. The molecule has 0 radical (unpaired) electrons. The van der Waals surface area contributed by atoms with Crippen molar-refractivity contribution in [3.05, 3.63) is 134 Å². The zero-order valence-corrected chi connectivity index (χ0v) is 40.7. The Bertz CT molecular complexity index is 1430. The topological polar surface area (TPSA) is 78.9 Å². The van der Waals surface area contributed by atoms with Crippen LogP contribution in [0.5, 0.6) is 0 Å². The van der Waals surface area contributed by atoms with E-state index in [-0.39, 0.29) is 31.6 Å². The predicted octanol–water partition coefficient (Wildman–Crippen LogP) is 16.7. The molecule has 0 saturated heterocycles. The Balaban J connectivity index is 4.58. The molecule has 1 atom stereocenters. The molecule has 0 spiro atoms. The van der Waals surface area contributed by atoms with Gasteiger partial charge >= 0.3 is 17.9 Å². The van der Waals surface area contributed by atoms with Crippen molar-refractivity contribution >= 4 is 17.9 Å². The Morgan fingerprint density at radius 1 is 0.344 bits per heavy atom. The molecule has 0 aliphatic carbocycles. The van der Waals surface area contributed by atoms with E-state index < -0.39 is 12.1 Å². The van der Waals surface area contributed by atoms with Crippen LogP contribution in [-0.2, 0) is 28.6 Å². The van der Waals surface area contributed by atoms with Crippen LogP contribution < -0.4 is 0 Å². The van der Waals surface area contributed by atoms with Gasteiger partial charge in [-0.1, -0.05) is 206 Å². The summed E-state index contributed by atoms with van der Waals surface area (Å²) in [7, 11) is 0. The maximum absolute atomic E-state index is 12.8. The quantitative estimate of drug-likeness (QED) is 0.0200. The van der Waals surface area contributed by atoms with Crippen LogP contribution in [0.1, 0.15) is 194 Å². The highest BCUT2D eigenvalue weighted by Gasteiger charge is 2.19. The van der Waals surface area contributed by atoms with E-state index in [1.165, 1.54) is 51.4 Å². The van der Waals surface area contributed by atoms with Crippen LogP contribution in [0.25, 0.3) is 0 Å². The van der Waals surface area contributed by atoms with E-state index in [1.54, 1.807) is 0 Å². The number of hydrogen-bond donors (Lipinski definition) is 0. The first-order chi connectivity index (χ1) is 31.5. The van der Waals surface area contributed by atoms with E-state index >= 15 is 0 Å². The molecule has 0 fully saturated rings. The predicted molar refractivity (Wildman–Crippen MR) is 274 cm³/mol. The van der Waals surface area contributed by atoms with E-state index in [0.717, 1.165) is 96.3 Å². The summed E-state index contributed by atoms with van der Waals surface area (Å²) in [5, 5.41) is 0. The van der Waals surface area contributed by atoms with Crippen molar-refractivity contribution in [1.29, 1.82) is 0 Å². The third kappa shape index (κ3) is 48.6. The Labute approximate surface area is 392 Å². The van der Waals surface area contributed by atoms with Crippen LogP contribution in [0, 0.1) is 0 Å². The first-order valence-corrected chi connectivity index (χ1v) is 25.2. The minimum Gasteiger partial charge on any atom is -0.462 e. The molecule has 1 unspecified atom stereocenters. The average Bonchev–Trinajstić information content (AvgIpc) is 3.29. The molecule has 0 saturated carbocycles. The van der Waals surface area contributed by atoms with Crippen molar-refractivity contribution in [3.63, 3.8) is 0 Å². The summed E-state index contributed by atoms with van der Waals surface area (Å²) in [6, 6.07) is 0. The van der Waals surface area contributed by atoms with E-state index in [0.29, 0.717) is 19.3 Å². The standard InChI is InChI=1S/C58H90O6/c1-4-7-10-13-16-19-22-25-27-29-31-33-36-39-42-45-48-51-57(60)63-54-55(53-62-56(59)50-47-44-41-38-35-32-24-21-18-15-12-9-6-3)64-58(61)52-49-46-43-40-37-34-30-28-26-23-20-17-14-11-8-5-2/h8-9,11-12,15-21,24-28,32,34-35,37,43,46,55H,4-7,10,13-14,22-23,29-31,33,36,38-42,44-45,47-54H2,1-3H3/b11-8+,12-9+,18-15+,19-16+,20-17+,24-21+,27-25+,28-26+,35-32+,37-34+,46-43+. The molecule has 6 heteroatoms. The van der Waals surface area contributed by atoms with Crippen LogP contribution in [0.15, 0.2) is 134 Å². The third-order valence-corrected chi connectivity index (χ3v) is 9.98. The zero-order valence-electron chi connectivity index (χ0n) is 40.7. The summed E-state index contributed by atoms with van der Waals surface area (Å²) in [6.45, 7) is 6.23. The smallest absolute Gasteiger partial charge is 0.306 e. The number of esters is 3. The second kappa shape index (κ2) is 51.2. The second-order valence-corrected chi connectivity index (χ2v) is 16.0. The minimum absolute atomic E-state index is 0.130. The van der Waals surface area contributed by atoms with Gasteiger partial charge in [-0.05, 0) is 103 Å². The van der Waals surface area contributed by atoms with Crippen molar-refractivity contribution in [3.8, 4) is 0 Å². The molecule has 0 aliphatic rings. The Kier molecular flexibility index (Phi) is 47.6. The van der Waals surface area contributed by atoms with Gasteiger partial charge in [0.15, 0.2) is 6.10 Å². The molecule has 358 valence electrons. The Morgan fingerprint density at radius 3 is 1.22 bits per heavy atom. The molecular weight excluding hydrogens is 793 g/mol. The number of rotatable bonds is 43. The van der Waals surface area contributed by atoms with Gasteiger partial charge < -0.3 is 14.2 Å². The van der Waals surface area contributed by atoms with Gasteiger partial charge in [0.05, 0.1) is 0 Å². The lowest BCUT2D eigenvalue weighted by Gasteiger charge is -2.18. The number of carbonyl (C=O) groups is 3. The Morgan fingerprint density at radius 2 is 0.719 bits per heavy atom. The van der Waals surface area contributed by atoms with Crippen LogP contribution >= 0.6 is 0 Å². The second-order valence-electron chi connectivity index (χ2n) is 16.0. The lowest BCUT2D eigenvalue weighted by atomic mass is 10.1. The molecule has 0 aliphatic heterocycles. The molecule has 0 amide bonds. The van der Waals surface area contributed by atoms with Crippen molar-refractivity contribution in [2.45, 2.75) is 200 Å². The molecule has 0 bridgehead atoms. The van der Waals surface area contributed by atoms with Crippen LogP contribution in [-0.4, -0.2) is 37.2 Å². The fraction of sp³-hybridized carbons (Fsp3) is 0.569. The summed E-state index contributed by atoms with van der Waals surface area (Å²) in [4.78, 5) is 37.9. The number of unbranched alkanes of at least 4 members (excludes halogenated alkanes) is 13. The van der Waals surface area contributed by atoms with Crippen LogP contribution in [0.4, 0.5) is 0 Å². The largest absolute Gasteiger partial charge is 0.462 e. The van der Waals surface area contributed by atoms with Crippen LogP contribution in [0.2, 0.25) is 0 Å². The van der Waals surface area contributed by atoms with Gasteiger partial charge in [0.25, 0.3) is 0 Å². The monoisotopic (exact) mass is 883 g/mol. The molecule has 64 heavy (non-hydrogen) atoms. The number of carbonyl (C=O) groups excluding carboxylic acids is 3. The summed E-state index contributed by atoms with van der Waals surface area (Å²) < 4.78 is 16.7. The van der Waals surface area contributed by atoms with Gasteiger partial charge in [-0.25, -0.2) is 0 Å². The minimum atomic E-state index is -0.841. The van der Waals surface area contributed by atoms with Crippen molar-refractivity contribution < 1.29 is 28.6 Å². The van der Waals surface area contributed by atoms with E-state index in [2.05, 4.69) is 106 Å². The fourth-order valence-corrected chi connectivity index (χ4v) is 6.24. The highest BCUT2D eigenvalue weighted by Crippen LogP contribution is 2.12. The maximum atomic E-state index is 12.8. The summed E-state index contributed by atoms with van der Waals surface area (Å²) >= 11 is 0. The molecule has 0 rings (SSSR count).